The minimum absolute atomic E-state index is 0.125. The summed E-state index contributed by atoms with van der Waals surface area (Å²) in [6.45, 7) is 9.07. The van der Waals surface area contributed by atoms with E-state index in [0.29, 0.717) is 65.3 Å². The number of imide groups is 2. The molecule has 23 heteroatoms. The Hall–Kier alpha value is -6.65. The molecule has 6 aliphatic rings. The summed E-state index contributed by atoms with van der Waals surface area (Å²) in [6.07, 6.45) is 8.42. The molecule has 77 heavy (non-hydrogen) atoms. The second-order valence-corrected chi connectivity index (χ2v) is 22.8. The van der Waals surface area contributed by atoms with Crippen LogP contribution < -0.4 is 24.8 Å². The molecule has 4 atom stereocenters. The number of fused-ring (bicyclic) bond motifs is 4. The van der Waals surface area contributed by atoms with E-state index in [1.165, 1.54) is 16.6 Å². The van der Waals surface area contributed by atoms with E-state index < -0.39 is 56.9 Å². The van der Waals surface area contributed by atoms with Crippen LogP contribution in [0.5, 0.6) is 5.88 Å². The van der Waals surface area contributed by atoms with Gasteiger partial charge < -0.3 is 34.7 Å². The van der Waals surface area contributed by atoms with Crippen molar-refractivity contribution < 1.29 is 56.8 Å². The van der Waals surface area contributed by atoms with Crippen LogP contribution in [0.3, 0.4) is 0 Å². The number of aryl methyl sites for hydroxylation is 1. The molecule has 5 amide bonds. The van der Waals surface area contributed by atoms with Crippen molar-refractivity contribution in [2.45, 2.75) is 109 Å². The highest BCUT2D eigenvalue weighted by Gasteiger charge is 2.49. The highest BCUT2D eigenvalue weighted by molar-refractivity contribution is 7.46. The highest BCUT2D eigenvalue weighted by Crippen LogP contribution is 2.43. The number of aliphatic hydroxyl groups is 1. The molecular formula is C54H61N10O11PS. The van der Waals surface area contributed by atoms with Gasteiger partial charge in [0.2, 0.25) is 11.8 Å². The number of aliphatic hydroxyl groups excluding tert-OH is 1. The zero-order valence-electron chi connectivity index (χ0n) is 45.8. The van der Waals surface area contributed by atoms with Crippen molar-refractivity contribution in [3.63, 3.8) is 0 Å². The van der Waals surface area contributed by atoms with E-state index in [1.807, 2.05) is 6.07 Å². The SMILES string of the molecule is [2H]C([2H])([2H])Oc1ncc(-c2ccnc(N3CCc4c(sc5c4CCCC5)C3=O)c2[C@@H](C)O)cc1Nc1ccc(N2CCN(C3CCN(c4ccc5c(c4)C(=O)N([C@H]4CCC(=O)N(C(C)OP(=O)(O)O)C4=O)C5=O)CC3)C[C@@H]2C)cn1. The first-order valence-electron chi connectivity index (χ1n) is 27.5. The molecular weight excluding hydrogens is 1030 g/mol. The fourth-order valence-corrected chi connectivity index (χ4v) is 14.0. The number of hydrogen-bond acceptors (Lipinski definition) is 17. The Balaban J connectivity index is 0.728. The molecule has 3 saturated heterocycles. The van der Waals surface area contributed by atoms with Gasteiger partial charge in [-0.3, -0.25) is 48.1 Å². The van der Waals surface area contributed by atoms with E-state index in [4.69, 9.17) is 13.8 Å². The van der Waals surface area contributed by atoms with Crippen LogP contribution in [-0.4, -0.2) is 145 Å². The van der Waals surface area contributed by atoms with Gasteiger partial charge in [0.05, 0.1) is 45.1 Å². The Morgan fingerprint density at radius 3 is 2.34 bits per heavy atom. The third kappa shape index (κ3) is 9.89. The van der Waals surface area contributed by atoms with Crippen LogP contribution in [0.15, 0.2) is 61.1 Å². The van der Waals surface area contributed by atoms with Gasteiger partial charge in [-0.2, -0.15) is 0 Å². The predicted octanol–water partition coefficient (Wildman–Crippen LogP) is 6.24. The summed E-state index contributed by atoms with van der Waals surface area (Å²) < 4.78 is 45.1. The van der Waals surface area contributed by atoms with Crippen molar-refractivity contribution in [3.05, 3.63) is 98.6 Å². The number of thiophene rings is 1. The van der Waals surface area contributed by atoms with Crippen molar-refractivity contribution >= 4 is 77.4 Å². The van der Waals surface area contributed by atoms with E-state index in [2.05, 4.69) is 41.4 Å². The van der Waals surface area contributed by atoms with Gasteiger partial charge in [-0.25, -0.2) is 19.5 Å². The van der Waals surface area contributed by atoms with Crippen molar-refractivity contribution in [3.8, 4) is 17.0 Å². The molecule has 3 fully saturated rings. The minimum Gasteiger partial charge on any atom is -0.480 e. The molecule has 9 heterocycles. The first kappa shape index (κ1) is 48.7. The smallest absolute Gasteiger partial charge is 0.471 e. The summed E-state index contributed by atoms with van der Waals surface area (Å²) in [5.41, 5.74) is 6.15. The third-order valence-electron chi connectivity index (χ3n) is 15.8. The molecule has 1 aromatic carbocycles. The summed E-state index contributed by atoms with van der Waals surface area (Å²) in [6, 6.07) is 11.3. The van der Waals surface area contributed by atoms with Crippen LogP contribution in [0.1, 0.15) is 121 Å². The Morgan fingerprint density at radius 1 is 0.818 bits per heavy atom. The molecule has 404 valence electrons. The quantitative estimate of drug-likeness (QED) is 0.0753. The number of benzene rings is 1. The Labute approximate surface area is 453 Å². The number of anilines is 5. The van der Waals surface area contributed by atoms with Gasteiger partial charge in [-0.05, 0) is 131 Å². The molecule has 21 nitrogen and oxygen atoms in total. The molecule has 5 aliphatic heterocycles. The highest BCUT2D eigenvalue weighted by atomic mass is 32.1. The lowest BCUT2D eigenvalue weighted by molar-refractivity contribution is -0.161. The zero-order valence-corrected chi connectivity index (χ0v) is 44.5. The van der Waals surface area contributed by atoms with Gasteiger partial charge in [0.1, 0.15) is 29.6 Å². The van der Waals surface area contributed by atoms with Gasteiger partial charge in [-0.15, -0.1) is 11.3 Å². The van der Waals surface area contributed by atoms with Crippen molar-refractivity contribution in [2.75, 3.05) is 66.3 Å². The number of hydrogen-bond donors (Lipinski definition) is 4. The number of amides is 5. The summed E-state index contributed by atoms with van der Waals surface area (Å²) in [5.74, 6) is -2.60. The van der Waals surface area contributed by atoms with E-state index in [1.54, 1.807) is 72.0 Å². The number of nitrogens with one attached hydrogen (secondary N) is 1. The number of pyridine rings is 3. The molecule has 0 bridgehead atoms. The van der Waals surface area contributed by atoms with Crippen LogP contribution in [0.4, 0.5) is 28.7 Å². The molecule has 0 spiro atoms. The van der Waals surface area contributed by atoms with Crippen molar-refractivity contribution in [2.24, 2.45) is 0 Å². The van der Waals surface area contributed by atoms with Gasteiger partial charge in [0.15, 0.2) is 0 Å². The number of rotatable bonds is 13. The summed E-state index contributed by atoms with van der Waals surface area (Å²) in [4.78, 5) is 112. The predicted molar refractivity (Wildman–Crippen MR) is 287 cm³/mol. The number of aromatic nitrogens is 3. The third-order valence-corrected chi connectivity index (χ3v) is 17.7. The normalized spacial score (nSPS) is 22.1. The molecule has 1 aliphatic carbocycles. The first-order valence-corrected chi connectivity index (χ1v) is 28.4. The molecule has 5 aromatic rings. The van der Waals surface area contributed by atoms with Gasteiger partial charge >= 0.3 is 7.82 Å². The maximum Gasteiger partial charge on any atom is 0.471 e. The average Bonchev–Trinajstić information content (AvgIpc) is 3.95. The van der Waals surface area contributed by atoms with Gasteiger partial charge in [-0.1, -0.05) is 0 Å². The molecule has 4 N–H and O–H groups in total. The number of carbonyl (C=O) groups excluding carboxylic acids is 5. The topological polar surface area (TPSA) is 252 Å². The molecule has 0 saturated carbocycles. The fourth-order valence-electron chi connectivity index (χ4n) is 12.2. The maximum atomic E-state index is 14.2. The summed E-state index contributed by atoms with van der Waals surface area (Å²) in [5, 5.41) is 14.5. The van der Waals surface area contributed by atoms with E-state index in [9.17, 15) is 43.4 Å². The molecule has 11 rings (SSSR count). The standard InChI is InChI=1S/C54H61N10O11PS/c1-30-29-60(34-16-20-59(21-17-34)35-9-11-40-41(26-35)52(68)64(51(40)67)43-12-14-46(66)63(53(43)69)32(3)75-76(71,72)73)23-24-61(30)36-10-13-45(56-28-36)58-42-25-33(27-57-50(42)74-4)37-15-19-55-49(47(37)31(2)65)62-22-18-39-38-7-5-6-8-44(38)77-48(39)54(62)70/h9-11,13,15,19,25-28,30-32,34,43,65H,5-8,12,14,16-18,20-24,29H2,1-4H3,(H,56,58)(H2,71,72,73)/t30-,31+,32?,43-/m0/s1/i4D3. The Bertz CT molecular complexity index is 3350. The Morgan fingerprint density at radius 2 is 1.60 bits per heavy atom. The minimum atomic E-state index is -5.07. The monoisotopic (exact) mass is 1090 g/mol. The maximum absolute atomic E-state index is 14.2. The molecule has 1 unspecified atom stereocenters. The van der Waals surface area contributed by atoms with Gasteiger partial charge in [0, 0.05) is 91.9 Å². The number of phosphoric acid groups is 1. The average molecular weight is 1090 g/mol. The van der Waals surface area contributed by atoms with Crippen molar-refractivity contribution in [1.29, 1.82) is 0 Å². The number of methoxy groups -OCH3 is 1. The summed E-state index contributed by atoms with van der Waals surface area (Å²) >= 11 is 1.58. The van der Waals surface area contributed by atoms with Crippen molar-refractivity contribution in [1.82, 2.24) is 29.7 Å². The second-order valence-electron chi connectivity index (χ2n) is 20.5. The first-order chi connectivity index (χ1) is 38.1. The van der Waals surface area contributed by atoms with Crippen LogP contribution in [-0.2, 0) is 37.9 Å². The number of carbonyl (C=O) groups is 5. The number of piperazine rings is 1. The van der Waals surface area contributed by atoms with Crippen LogP contribution in [0, 0.1) is 0 Å². The zero-order chi connectivity index (χ0) is 56.5. The number of piperidine rings is 2. The van der Waals surface area contributed by atoms with Gasteiger partial charge in [0.25, 0.3) is 23.6 Å². The fraction of sp³-hybridized carbons (Fsp3) is 0.444. The summed E-state index contributed by atoms with van der Waals surface area (Å²) in [7, 11) is -7.89. The molecule has 4 aromatic heterocycles. The van der Waals surface area contributed by atoms with E-state index in [0.717, 1.165) is 91.8 Å². The number of ether oxygens (including phenoxy) is 1. The lowest BCUT2D eigenvalue weighted by atomic mass is 9.91. The van der Waals surface area contributed by atoms with E-state index >= 15 is 0 Å². The largest absolute Gasteiger partial charge is 0.480 e. The number of likely N-dealkylation sites (tertiary alicyclic amines) is 1. The van der Waals surface area contributed by atoms with E-state index in [-0.39, 0.29) is 47.5 Å². The number of nitrogens with zero attached hydrogens (tertiary/aromatic N) is 9. The van der Waals surface area contributed by atoms with Crippen LogP contribution >= 0.6 is 19.2 Å². The molecule has 0 radical (unpaired) electrons. The lowest BCUT2D eigenvalue weighted by Gasteiger charge is -2.46. The van der Waals surface area contributed by atoms with Crippen LogP contribution in [0.2, 0.25) is 0 Å². The Kier molecular flexibility index (Phi) is 13.3. The van der Waals surface area contributed by atoms with Crippen LogP contribution in [0.25, 0.3) is 11.1 Å². The second kappa shape index (κ2) is 21.0. The number of phosphoric ester groups is 1. The lowest BCUT2D eigenvalue weighted by Crippen LogP contribution is -2.58.